The number of rotatable bonds is 7. The number of likely N-dealkylation sites (N-methyl/N-ethyl adjacent to an activating group) is 1. The molecule has 164 valence electrons. The van der Waals surface area contributed by atoms with E-state index in [4.69, 9.17) is 9.47 Å². The Balaban J connectivity index is 2.17. The lowest BCUT2D eigenvalue weighted by Gasteiger charge is -2.26. The molecule has 1 amide bonds. The zero-order chi connectivity index (χ0) is 22.7. The lowest BCUT2D eigenvalue weighted by molar-refractivity contribution is -0.140. The van der Waals surface area contributed by atoms with Gasteiger partial charge in [0.2, 0.25) is 0 Å². The molecule has 1 fully saturated rings. The fourth-order valence-electron chi connectivity index (χ4n) is 3.55. The predicted octanol–water partition coefficient (Wildman–Crippen LogP) is 2.83. The van der Waals surface area contributed by atoms with Crippen molar-refractivity contribution in [3.8, 4) is 11.5 Å². The van der Waals surface area contributed by atoms with Crippen molar-refractivity contribution in [2.24, 2.45) is 0 Å². The zero-order valence-electron chi connectivity index (χ0n) is 17.9. The molecule has 1 N–H and O–H groups in total. The number of ether oxygens (including phenoxy) is 2. The van der Waals surface area contributed by atoms with Crippen LogP contribution in [0.1, 0.15) is 17.2 Å². The van der Waals surface area contributed by atoms with E-state index in [1.54, 1.807) is 24.3 Å². The number of Topliss-reactive ketones (excluding diaryl/α,β-unsaturated/α-hetero) is 1. The third-order valence-electron chi connectivity index (χ3n) is 5.16. The van der Waals surface area contributed by atoms with Crippen molar-refractivity contribution in [1.29, 1.82) is 0 Å². The van der Waals surface area contributed by atoms with Crippen LogP contribution >= 0.6 is 0 Å². The average molecular weight is 428 g/mol. The maximum absolute atomic E-state index is 14.2. The minimum absolute atomic E-state index is 0.00679. The fraction of sp³-hybridized carbons (Fsp3) is 0.304. The summed E-state index contributed by atoms with van der Waals surface area (Å²) in [6.07, 6.45) is 0. The summed E-state index contributed by atoms with van der Waals surface area (Å²) in [5.41, 5.74) is 0.589. The average Bonchev–Trinajstić information content (AvgIpc) is 3.01. The molecule has 0 aromatic heterocycles. The summed E-state index contributed by atoms with van der Waals surface area (Å²) in [6, 6.07) is 9.98. The Morgan fingerprint density at radius 1 is 1.13 bits per heavy atom. The molecule has 0 unspecified atom stereocenters. The van der Waals surface area contributed by atoms with Crippen LogP contribution in [0.2, 0.25) is 0 Å². The van der Waals surface area contributed by atoms with E-state index in [1.807, 2.05) is 19.0 Å². The Morgan fingerprint density at radius 2 is 1.87 bits per heavy atom. The van der Waals surface area contributed by atoms with E-state index in [1.165, 1.54) is 31.3 Å². The number of carbonyl (C=O) groups excluding carboxylic acids is 2. The summed E-state index contributed by atoms with van der Waals surface area (Å²) in [5, 5.41) is 11.0. The first kappa shape index (κ1) is 22.3. The molecule has 31 heavy (non-hydrogen) atoms. The van der Waals surface area contributed by atoms with E-state index in [0.717, 1.165) is 6.07 Å². The Kier molecular flexibility index (Phi) is 6.60. The molecule has 2 aromatic carbocycles. The molecule has 0 aliphatic carbocycles. The van der Waals surface area contributed by atoms with Gasteiger partial charge in [0.05, 0.1) is 25.8 Å². The number of nitrogens with zero attached hydrogens (tertiary/aromatic N) is 2. The molecule has 7 nitrogen and oxygen atoms in total. The zero-order valence-corrected chi connectivity index (χ0v) is 17.9. The van der Waals surface area contributed by atoms with Gasteiger partial charge in [-0.25, -0.2) is 4.39 Å². The van der Waals surface area contributed by atoms with Gasteiger partial charge in [0.15, 0.2) is 11.6 Å². The van der Waals surface area contributed by atoms with E-state index >= 15 is 0 Å². The van der Waals surface area contributed by atoms with Gasteiger partial charge in [-0.15, -0.1) is 0 Å². The molecule has 8 heteroatoms. The molecule has 0 saturated carbocycles. The van der Waals surface area contributed by atoms with Crippen LogP contribution in [0.4, 0.5) is 4.39 Å². The van der Waals surface area contributed by atoms with Gasteiger partial charge >= 0.3 is 0 Å². The highest BCUT2D eigenvalue weighted by molar-refractivity contribution is 6.46. The van der Waals surface area contributed by atoms with Gasteiger partial charge in [-0.2, -0.15) is 0 Å². The third kappa shape index (κ3) is 4.39. The first-order valence-corrected chi connectivity index (χ1v) is 9.69. The summed E-state index contributed by atoms with van der Waals surface area (Å²) in [7, 11) is 6.56. The van der Waals surface area contributed by atoms with Crippen molar-refractivity contribution < 1.29 is 28.6 Å². The molecule has 1 aliphatic rings. The van der Waals surface area contributed by atoms with Crippen LogP contribution in [0.15, 0.2) is 48.0 Å². The van der Waals surface area contributed by atoms with Crippen molar-refractivity contribution in [1.82, 2.24) is 9.80 Å². The molecular weight excluding hydrogens is 403 g/mol. The van der Waals surface area contributed by atoms with Gasteiger partial charge in [-0.05, 0) is 50.0 Å². The maximum atomic E-state index is 14.2. The monoisotopic (exact) mass is 428 g/mol. The Labute approximate surface area is 180 Å². The number of aliphatic hydroxyl groups excluding tert-OH is 1. The second-order valence-electron chi connectivity index (χ2n) is 7.42. The van der Waals surface area contributed by atoms with Crippen LogP contribution < -0.4 is 9.47 Å². The van der Waals surface area contributed by atoms with Crippen LogP contribution in [0.3, 0.4) is 0 Å². The first-order valence-electron chi connectivity index (χ1n) is 9.69. The molecule has 1 saturated heterocycles. The number of benzene rings is 2. The van der Waals surface area contributed by atoms with Gasteiger partial charge in [0.1, 0.15) is 11.5 Å². The normalized spacial score (nSPS) is 18.0. The molecule has 2 aromatic rings. The van der Waals surface area contributed by atoms with E-state index in [9.17, 15) is 19.1 Å². The lowest BCUT2D eigenvalue weighted by atomic mass is 9.95. The minimum Gasteiger partial charge on any atom is -0.507 e. The highest BCUT2D eigenvalue weighted by Gasteiger charge is 2.46. The van der Waals surface area contributed by atoms with Gasteiger partial charge in [0, 0.05) is 18.7 Å². The smallest absolute Gasteiger partial charge is 0.295 e. The van der Waals surface area contributed by atoms with Crippen LogP contribution in [0, 0.1) is 5.82 Å². The van der Waals surface area contributed by atoms with Crippen LogP contribution in [0.25, 0.3) is 5.76 Å². The van der Waals surface area contributed by atoms with E-state index in [-0.39, 0.29) is 23.4 Å². The highest BCUT2D eigenvalue weighted by Crippen LogP contribution is 2.40. The molecule has 0 radical (unpaired) electrons. The number of halogens is 1. The second-order valence-corrected chi connectivity index (χ2v) is 7.42. The van der Waals surface area contributed by atoms with Crippen LogP contribution in [-0.2, 0) is 9.59 Å². The lowest BCUT2D eigenvalue weighted by Crippen LogP contribution is -2.35. The van der Waals surface area contributed by atoms with Crippen molar-refractivity contribution in [2.45, 2.75) is 6.04 Å². The fourth-order valence-corrected chi connectivity index (χ4v) is 3.55. The molecule has 1 aliphatic heterocycles. The Morgan fingerprint density at radius 3 is 2.48 bits per heavy atom. The molecule has 0 spiro atoms. The standard InChI is InChI=1S/C23H25FN2O5/c1-25(2)10-11-26-20(14-6-5-7-16(12-14)30-3)19(22(28)23(26)29)21(27)15-8-9-18(31-4)17(24)13-15/h5-9,12-13,20,27H,10-11H2,1-4H3/t20-/m0/s1. The molecule has 3 rings (SSSR count). The summed E-state index contributed by atoms with van der Waals surface area (Å²) in [6.45, 7) is 0.790. The highest BCUT2D eigenvalue weighted by atomic mass is 19.1. The number of carbonyl (C=O) groups is 2. The molecule has 0 bridgehead atoms. The molecule has 1 heterocycles. The topological polar surface area (TPSA) is 79.3 Å². The quantitative estimate of drug-likeness (QED) is 0.415. The van der Waals surface area contributed by atoms with Crippen LogP contribution in [0.5, 0.6) is 11.5 Å². The second kappa shape index (κ2) is 9.18. The summed E-state index contributed by atoms with van der Waals surface area (Å²) < 4.78 is 24.4. The van der Waals surface area contributed by atoms with E-state index < -0.39 is 29.3 Å². The van der Waals surface area contributed by atoms with Crippen molar-refractivity contribution in [3.63, 3.8) is 0 Å². The predicted molar refractivity (Wildman–Crippen MR) is 114 cm³/mol. The van der Waals surface area contributed by atoms with Gasteiger partial charge < -0.3 is 24.4 Å². The molecular formula is C23H25FN2O5. The van der Waals surface area contributed by atoms with Crippen molar-refractivity contribution in [2.75, 3.05) is 41.4 Å². The number of hydrogen-bond donors (Lipinski definition) is 1. The van der Waals surface area contributed by atoms with Gasteiger partial charge in [-0.1, -0.05) is 12.1 Å². The van der Waals surface area contributed by atoms with Crippen LogP contribution in [-0.4, -0.2) is 68.0 Å². The maximum Gasteiger partial charge on any atom is 0.295 e. The Hall–Kier alpha value is -3.39. The number of likely N-dealkylation sites (tertiary alicyclic amines) is 1. The number of ketones is 1. The minimum atomic E-state index is -0.833. The largest absolute Gasteiger partial charge is 0.507 e. The number of aliphatic hydroxyl groups is 1. The summed E-state index contributed by atoms with van der Waals surface area (Å²) in [5.74, 6) is -2.12. The summed E-state index contributed by atoms with van der Waals surface area (Å²) >= 11 is 0. The first-order chi connectivity index (χ1) is 14.8. The Bertz CT molecular complexity index is 1030. The van der Waals surface area contributed by atoms with Gasteiger partial charge in [0.25, 0.3) is 11.7 Å². The number of hydrogen-bond acceptors (Lipinski definition) is 6. The number of amides is 1. The van der Waals surface area contributed by atoms with Crippen molar-refractivity contribution >= 4 is 17.4 Å². The van der Waals surface area contributed by atoms with E-state index in [2.05, 4.69) is 0 Å². The molecule has 1 atom stereocenters. The summed E-state index contributed by atoms with van der Waals surface area (Å²) in [4.78, 5) is 29.1. The van der Waals surface area contributed by atoms with Crippen molar-refractivity contribution in [3.05, 3.63) is 65.0 Å². The third-order valence-corrected chi connectivity index (χ3v) is 5.16. The SMILES string of the molecule is COc1cccc([C@H]2C(=C(O)c3ccc(OC)c(F)c3)C(=O)C(=O)N2CCN(C)C)c1. The number of methoxy groups -OCH3 is 2. The van der Waals surface area contributed by atoms with E-state index in [0.29, 0.717) is 17.9 Å². The van der Waals surface area contributed by atoms with Gasteiger partial charge in [-0.3, -0.25) is 9.59 Å².